The lowest BCUT2D eigenvalue weighted by Gasteiger charge is -2.12. The third-order valence-electron chi connectivity index (χ3n) is 3.36. The van der Waals surface area contributed by atoms with E-state index in [4.69, 9.17) is 4.74 Å². The fraction of sp³-hybridized carbons (Fsp3) is 0.278. The van der Waals surface area contributed by atoms with E-state index in [2.05, 4.69) is 15.6 Å². The van der Waals surface area contributed by atoms with Gasteiger partial charge in [-0.25, -0.2) is 9.38 Å². The lowest BCUT2D eigenvalue weighted by Crippen LogP contribution is -2.36. The summed E-state index contributed by atoms with van der Waals surface area (Å²) in [6.45, 7) is 3.55. The van der Waals surface area contributed by atoms with E-state index in [0.717, 1.165) is 11.1 Å². The Morgan fingerprint density at radius 3 is 2.67 bits per heavy atom. The van der Waals surface area contributed by atoms with Gasteiger partial charge in [0.25, 0.3) is 0 Å². The highest BCUT2D eigenvalue weighted by Gasteiger charge is 2.04. The Labute approximate surface area is 141 Å². The Morgan fingerprint density at radius 2 is 2.00 bits per heavy atom. The van der Waals surface area contributed by atoms with Crippen molar-refractivity contribution in [3.8, 4) is 11.5 Å². The molecule has 2 aromatic rings. The number of phenols is 1. The van der Waals surface area contributed by atoms with Gasteiger partial charge in [0, 0.05) is 13.1 Å². The lowest BCUT2D eigenvalue weighted by atomic mass is 10.2. The van der Waals surface area contributed by atoms with Crippen LogP contribution in [0.5, 0.6) is 11.5 Å². The molecule has 2 rings (SSSR count). The van der Waals surface area contributed by atoms with Crippen molar-refractivity contribution in [1.29, 1.82) is 0 Å². The van der Waals surface area contributed by atoms with E-state index >= 15 is 0 Å². The van der Waals surface area contributed by atoms with Crippen LogP contribution in [0.25, 0.3) is 0 Å². The van der Waals surface area contributed by atoms with Crippen LogP contribution in [0, 0.1) is 5.82 Å². The average molecular weight is 331 g/mol. The third-order valence-corrected chi connectivity index (χ3v) is 3.36. The fourth-order valence-electron chi connectivity index (χ4n) is 2.18. The Balaban J connectivity index is 2.00. The second kappa shape index (κ2) is 8.76. The monoisotopic (exact) mass is 331 g/mol. The van der Waals surface area contributed by atoms with Crippen molar-refractivity contribution < 1.29 is 14.2 Å². The first-order valence-electron chi connectivity index (χ1n) is 7.75. The van der Waals surface area contributed by atoms with Crippen LogP contribution in [0.3, 0.4) is 0 Å². The molecule has 0 aliphatic rings. The van der Waals surface area contributed by atoms with Crippen molar-refractivity contribution in [1.82, 2.24) is 10.6 Å². The maximum atomic E-state index is 13.2. The molecular weight excluding hydrogens is 309 g/mol. The van der Waals surface area contributed by atoms with E-state index in [0.29, 0.717) is 31.3 Å². The van der Waals surface area contributed by atoms with Crippen LogP contribution in [0.15, 0.2) is 47.5 Å². The highest BCUT2D eigenvalue weighted by molar-refractivity contribution is 5.79. The van der Waals surface area contributed by atoms with Crippen LogP contribution in [0.1, 0.15) is 18.1 Å². The molecule has 0 radical (unpaired) electrons. The number of hydrogen-bond donors (Lipinski definition) is 3. The average Bonchev–Trinajstić information content (AvgIpc) is 2.57. The quantitative estimate of drug-likeness (QED) is 0.562. The Bertz CT molecular complexity index is 704. The van der Waals surface area contributed by atoms with Gasteiger partial charge in [0.05, 0.1) is 13.7 Å². The second-order valence-corrected chi connectivity index (χ2v) is 5.18. The summed E-state index contributed by atoms with van der Waals surface area (Å²) in [7, 11) is 1.51. The van der Waals surface area contributed by atoms with Crippen LogP contribution >= 0.6 is 0 Å². The number of ether oxygens (including phenoxy) is 1. The molecule has 0 aliphatic carbocycles. The number of aromatic hydroxyl groups is 1. The molecule has 0 bridgehead atoms. The van der Waals surface area contributed by atoms with Gasteiger partial charge < -0.3 is 20.5 Å². The normalized spacial score (nSPS) is 11.2. The van der Waals surface area contributed by atoms with Gasteiger partial charge in [0.15, 0.2) is 17.5 Å². The van der Waals surface area contributed by atoms with Gasteiger partial charge in [0.2, 0.25) is 0 Å². The van der Waals surface area contributed by atoms with Crippen molar-refractivity contribution in [3.05, 3.63) is 59.4 Å². The molecule has 0 unspecified atom stereocenters. The number of methoxy groups -OCH3 is 1. The minimum absolute atomic E-state index is 0.0958. The molecule has 2 aromatic carbocycles. The largest absolute Gasteiger partial charge is 0.504 e. The molecule has 24 heavy (non-hydrogen) atoms. The van der Waals surface area contributed by atoms with Crippen LogP contribution < -0.4 is 15.4 Å². The maximum Gasteiger partial charge on any atom is 0.191 e. The molecule has 0 saturated carbocycles. The number of aliphatic imine (C=N–C) groups is 1. The summed E-state index contributed by atoms with van der Waals surface area (Å²) >= 11 is 0. The van der Waals surface area contributed by atoms with Crippen LogP contribution in [-0.2, 0) is 13.1 Å². The molecule has 3 N–H and O–H groups in total. The SMILES string of the molecule is CCNC(=NCc1cccc(F)c1)NCc1ccc(OC)c(O)c1. The van der Waals surface area contributed by atoms with Crippen LogP contribution in [0.4, 0.5) is 4.39 Å². The zero-order chi connectivity index (χ0) is 17.4. The van der Waals surface area contributed by atoms with E-state index in [1.165, 1.54) is 19.2 Å². The molecule has 0 aromatic heterocycles. The Morgan fingerprint density at radius 1 is 1.17 bits per heavy atom. The summed E-state index contributed by atoms with van der Waals surface area (Å²) in [6, 6.07) is 11.6. The molecular formula is C18H22FN3O2. The van der Waals surface area contributed by atoms with Crippen molar-refractivity contribution in [2.45, 2.75) is 20.0 Å². The topological polar surface area (TPSA) is 65.9 Å². The Kier molecular flexibility index (Phi) is 6.42. The van der Waals surface area contributed by atoms with Crippen LogP contribution in [0.2, 0.25) is 0 Å². The maximum absolute atomic E-state index is 13.2. The highest BCUT2D eigenvalue weighted by Crippen LogP contribution is 2.25. The molecule has 5 nitrogen and oxygen atoms in total. The summed E-state index contributed by atoms with van der Waals surface area (Å²) in [5.41, 5.74) is 1.69. The van der Waals surface area contributed by atoms with Gasteiger partial charge in [-0.3, -0.25) is 0 Å². The van der Waals surface area contributed by atoms with Crippen molar-refractivity contribution >= 4 is 5.96 Å². The number of guanidine groups is 1. The molecule has 6 heteroatoms. The summed E-state index contributed by atoms with van der Waals surface area (Å²) in [5, 5.41) is 16.1. The fourth-order valence-corrected chi connectivity index (χ4v) is 2.18. The minimum atomic E-state index is -0.269. The number of halogens is 1. The molecule has 0 fully saturated rings. The van der Waals surface area contributed by atoms with Gasteiger partial charge in [-0.2, -0.15) is 0 Å². The number of nitrogens with one attached hydrogen (secondary N) is 2. The molecule has 0 atom stereocenters. The molecule has 0 heterocycles. The molecule has 0 aliphatic heterocycles. The Hall–Kier alpha value is -2.76. The summed E-state index contributed by atoms with van der Waals surface area (Å²) in [6.07, 6.45) is 0. The predicted octanol–water partition coefficient (Wildman–Crippen LogP) is 2.80. The third kappa shape index (κ3) is 5.15. The van der Waals surface area contributed by atoms with Crippen molar-refractivity contribution in [2.75, 3.05) is 13.7 Å². The standard InChI is InChI=1S/C18H22FN3O2/c1-3-20-18(21-11-13-5-4-6-15(19)9-13)22-12-14-7-8-17(24-2)16(23)10-14/h4-10,23H,3,11-12H2,1-2H3,(H2,20,21,22). The number of nitrogens with zero attached hydrogens (tertiary/aromatic N) is 1. The van der Waals surface area contributed by atoms with E-state index in [1.807, 2.05) is 19.1 Å². The molecule has 0 saturated heterocycles. The minimum Gasteiger partial charge on any atom is -0.504 e. The van der Waals surface area contributed by atoms with E-state index in [9.17, 15) is 9.50 Å². The summed E-state index contributed by atoms with van der Waals surface area (Å²) < 4.78 is 18.2. The first kappa shape index (κ1) is 17.6. The summed E-state index contributed by atoms with van der Waals surface area (Å²) in [4.78, 5) is 4.44. The van der Waals surface area contributed by atoms with Gasteiger partial charge >= 0.3 is 0 Å². The number of benzene rings is 2. The van der Waals surface area contributed by atoms with Crippen LogP contribution in [-0.4, -0.2) is 24.7 Å². The van der Waals surface area contributed by atoms with E-state index in [1.54, 1.807) is 18.2 Å². The zero-order valence-electron chi connectivity index (χ0n) is 13.8. The zero-order valence-corrected chi connectivity index (χ0v) is 13.8. The predicted molar refractivity (Wildman–Crippen MR) is 92.7 cm³/mol. The van der Waals surface area contributed by atoms with Gasteiger partial charge in [-0.05, 0) is 42.3 Å². The smallest absolute Gasteiger partial charge is 0.191 e. The molecule has 0 spiro atoms. The lowest BCUT2D eigenvalue weighted by molar-refractivity contribution is 0.373. The van der Waals surface area contributed by atoms with Gasteiger partial charge in [-0.1, -0.05) is 18.2 Å². The van der Waals surface area contributed by atoms with Gasteiger partial charge in [0.1, 0.15) is 5.82 Å². The number of rotatable bonds is 6. The van der Waals surface area contributed by atoms with Crippen molar-refractivity contribution in [2.24, 2.45) is 4.99 Å². The number of hydrogen-bond acceptors (Lipinski definition) is 3. The molecule has 128 valence electrons. The van der Waals surface area contributed by atoms with E-state index in [-0.39, 0.29) is 11.6 Å². The van der Waals surface area contributed by atoms with E-state index < -0.39 is 0 Å². The molecule has 0 amide bonds. The number of phenolic OH excluding ortho intramolecular Hbond substituents is 1. The van der Waals surface area contributed by atoms with Crippen molar-refractivity contribution in [3.63, 3.8) is 0 Å². The van der Waals surface area contributed by atoms with Gasteiger partial charge in [-0.15, -0.1) is 0 Å². The highest BCUT2D eigenvalue weighted by atomic mass is 19.1. The first-order chi connectivity index (χ1) is 11.6. The first-order valence-corrected chi connectivity index (χ1v) is 7.75. The second-order valence-electron chi connectivity index (χ2n) is 5.18. The summed E-state index contributed by atoms with van der Waals surface area (Å²) in [5.74, 6) is 0.885.